The van der Waals surface area contributed by atoms with Crippen LogP contribution in [-0.2, 0) is 6.18 Å². The molecule has 0 saturated carbocycles. The van der Waals surface area contributed by atoms with Crippen LogP contribution in [0.4, 0.5) is 23.2 Å². The van der Waals surface area contributed by atoms with Crippen LogP contribution in [0.3, 0.4) is 0 Å². The molecule has 3 rings (SSSR count). The Balaban J connectivity index is 1.92. The van der Waals surface area contributed by atoms with Gasteiger partial charge in [0.05, 0.1) is 11.1 Å². The van der Waals surface area contributed by atoms with Crippen molar-refractivity contribution in [3.05, 3.63) is 89.2 Å². The first-order valence-electron chi connectivity index (χ1n) is 8.10. The van der Waals surface area contributed by atoms with Crippen LogP contribution in [-0.4, -0.2) is 5.91 Å². The molecule has 6 heteroatoms. The number of anilines is 1. The van der Waals surface area contributed by atoms with Crippen LogP contribution in [0.25, 0.3) is 11.1 Å². The van der Waals surface area contributed by atoms with Crippen molar-refractivity contribution in [1.29, 1.82) is 0 Å². The highest BCUT2D eigenvalue weighted by Gasteiger charge is 2.30. The van der Waals surface area contributed by atoms with Gasteiger partial charge in [-0.1, -0.05) is 30.3 Å². The molecule has 0 heterocycles. The summed E-state index contributed by atoms with van der Waals surface area (Å²) in [4.78, 5) is 12.8. The lowest BCUT2D eigenvalue weighted by Gasteiger charge is -2.14. The summed E-state index contributed by atoms with van der Waals surface area (Å²) in [6, 6.07) is 15.2. The minimum atomic E-state index is -4.44. The van der Waals surface area contributed by atoms with Crippen LogP contribution in [0.2, 0.25) is 0 Å². The summed E-state index contributed by atoms with van der Waals surface area (Å²) in [5, 5.41) is 2.62. The molecule has 0 aromatic heterocycles. The summed E-state index contributed by atoms with van der Waals surface area (Å²) in [6.45, 7) is 1.76. The van der Waals surface area contributed by atoms with Crippen molar-refractivity contribution >= 4 is 11.6 Å². The lowest BCUT2D eigenvalue weighted by molar-refractivity contribution is -0.137. The molecule has 0 unspecified atom stereocenters. The van der Waals surface area contributed by atoms with Crippen molar-refractivity contribution in [3.8, 4) is 11.1 Å². The normalized spacial score (nSPS) is 11.3. The molecular weight excluding hydrogens is 358 g/mol. The fourth-order valence-electron chi connectivity index (χ4n) is 2.78. The second kappa shape index (κ2) is 7.23. The molecule has 27 heavy (non-hydrogen) atoms. The molecule has 0 spiro atoms. The molecule has 0 radical (unpaired) electrons. The van der Waals surface area contributed by atoms with Gasteiger partial charge >= 0.3 is 6.18 Å². The van der Waals surface area contributed by atoms with Gasteiger partial charge in [-0.3, -0.25) is 4.79 Å². The molecule has 0 fully saturated rings. The molecule has 0 atom stereocenters. The third kappa shape index (κ3) is 4.16. The van der Waals surface area contributed by atoms with Gasteiger partial charge in [-0.25, -0.2) is 4.39 Å². The second-order valence-corrected chi connectivity index (χ2v) is 6.03. The highest BCUT2D eigenvalue weighted by molar-refractivity contribution is 6.09. The Kier molecular flexibility index (Phi) is 4.99. The SMILES string of the molecule is Cc1cccc(-c2ccc(F)cc2)c1C(=O)Nc1ccc(C(F)(F)F)cc1. The predicted molar refractivity (Wildman–Crippen MR) is 96.0 cm³/mol. The van der Waals surface area contributed by atoms with Gasteiger partial charge in [0.2, 0.25) is 0 Å². The molecule has 1 amide bonds. The minimum Gasteiger partial charge on any atom is -0.322 e. The monoisotopic (exact) mass is 373 g/mol. The summed E-state index contributed by atoms with van der Waals surface area (Å²) in [5.74, 6) is -0.839. The fourth-order valence-corrected chi connectivity index (χ4v) is 2.78. The highest BCUT2D eigenvalue weighted by Crippen LogP contribution is 2.31. The topological polar surface area (TPSA) is 29.1 Å². The molecule has 0 saturated heterocycles. The number of rotatable bonds is 3. The van der Waals surface area contributed by atoms with Crippen molar-refractivity contribution in [1.82, 2.24) is 0 Å². The van der Waals surface area contributed by atoms with Crippen molar-refractivity contribution in [3.63, 3.8) is 0 Å². The zero-order valence-electron chi connectivity index (χ0n) is 14.3. The van der Waals surface area contributed by atoms with Gasteiger partial charge in [0.15, 0.2) is 0 Å². The van der Waals surface area contributed by atoms with Gasteiger partial charge in [-0.15, -0.1) is 0 Å². The Morgan fingerprint density at radius 3 is 2.11 bits per heavy atom. The van der Waals surface area contributed by atoms with E-state index >= 15 is 0 Å². The first-order chi connectivity index (χ1) is 12.8. The zero-order valence-corrected chi connectivity index (χ0v) is 14.3. The minimum absolute atomic E-state index is 0.251. The summed E-state index contributed by atoms with van der Waals surface area (Å²) in [7, 11) is 0. The number of carbonyl (C=O) groups excluding carboxylic acids is 1. The third-order valence-electron chi connectivity index (χ3n) is 4.13. The molecule has 0 bridgehead atoms. The van der Waals surface area contributed by atoms with Crippen molar-refractivity contribution in [2.75, 3.05) is 5.32 Å². The molecule has 138 valence electrons. The quantitative estimate of drug-likeness (QED) is 0.555. The average molecular weight is 373 g/mol. The summed E-state index contributed by atoms with van der Waals surface area (Å²) < 4.78 is 51.2. The van der Waals surface area contributed by atoms with Crippen LogP contribution in [0.1, 0.15) is 21.5 Å². The van der Waals surface area contributed by atoms with E-state index in [4.69, 9.17) is 0 Å². The van der Waals surface area contributed by atoms with E-state index < -0.39 is 17.6 Å². The maximum absolute atomic E-state index is 13.2. The van der Waals surface area contributed by atoms with Gasteiger partial charge in [-0.05, 0) is 60.0 Å². The summed E-state index contributed by atoms with van der Waals surface area (Å²) in [6.07, 6.45) is -4.44. The molecule has 3 aromatic carbocycles. The van der Waals surface area contributed by atoms with Crippen LogP contribution >= 0.6 is 0 Å². The number of hydrogen-bond donors (Lipinski definition) is 1. The Morgan fingerprint density at radius 1 is 0.889 bits per heavy atom. The number of halogens is 4. The third-order valence-corrected chi connectivity index (χ3v) is 4.13. The second-order valence-electron chi connectivity index (χ2n) is 6.03. The number of amides is 1. The van der Waals surface area contributed by atoms with Crippen molar-refractivity contribution in [2.24, 2.45) is 0 Å². The fraction of sp³-hybridized carbons (Fsp3) is 0.0952. The Morgan fingerprint density at radius 2 is 1.52 bits per heavy atom. The van der Waals surface area contributed by atoms with Crippen LogP contribution in [0.15, 0.2) is 66.7 Å². The molecule has 0 aliphatic rings. The van der Waals surface area contributed by atoms with E-state index in [9.17, 15) is 22.4 Å². The molecule has 1 N–H and O–H groups in total. The maximum atomic E-state index is 13.2. The van der Waals surface area contributed by atoms with Gasteiger partial charge in [0, 0.05) is 5.69 Å². The van der Waals surface area contributed by atoms with Crippen molar-refractivity contribution in [2.45, 2.75) is 13.1 Å². The van der Waals surface area contributed by atoms with Crippen molar-refractivity contribution < 1.29 is 22.4 Å². The van der Waals surface area contributed by atoms with Gasteiger partial charge in [-0.2, -0.15) is 13.2 Å². The Labute approximate surface area is 153 Å². The standard InChI is InChI=1S/C21H15F4NO/c1-13-3-2-4-18(14-5-9-16(22)10-6-14)19(13)20(27)26-17-11-7-15(8-12-17)21(23,24)25/h2-12H,1H3,(H,26,27). The zero-order chi connectivity index (χ0) is 19.6. The number of benzene rings is 3. The maximum Gasteiger partial charge on any atom is 0.416 e. The lowest BCUT2D eigenvalue weighted by atomic mass is 9.95. The first-order valence-corrected chi connectivity index (χ1v) is 8.10. The molecule has 0 aliphatic carbocycles. The van der Waals surface area contributed by atoms with Gasteiger partial charge < -0.3 is 5.32 Å². The summed E-state index contributed by atoms with van der Waals surface area (Å²) in [5.41, 5.74) is 1.81. The Bertz CT molecular complexity index is 961. The molecule has 2 nitrogen and oxygen atoms in total. The number of aryl methyl sites for hydroxylation is 1. The van der Waals surface area contributed by atoms with E-state index in [1.807, 2.05) is 0 Å². The van der Waals surface area contributed by atoms with Gasteiger partial charge in [0.1, 0.15) is 5.82 Å². The first kappa shape index (κ1) is 18.6. The van der Waals surface area contributed by atoms with Crippen LogP contribution in [0, 0.1) is 12.7 Å². The summed E-state index contributed by atoms with van der Waals surface area (Å²) >= 11 is 0. The Hall–Kier alpha value is -3.15. The van der Waals surface area contributed by atoms with Crippen LogP contribution in [0.5, 0.6) is 0 Å². The van der Waals surface area contributed by atoms with E-state index in [2.05, 4.69) is 5.32 Å². The van der Waals surface area contributed by atoms with E-state index in [1.54, 1.807) is 37.3 Å². The van der Waals surface area contributed by atoms with E-state index in [0.717, 1.165) is 12.1 Å². The molecule has 0 aliphatic heterocycles. The number of carbonyl (C=O) groups is 1. The van der Waals surface area contributed by atoms with Crippen LogP contribution < -0.4 is 5.32 Å². The van der Waals surface area contributed by atoms with Gasteiger partial charge in [0.25, 0.3) is 5.91 Å². The predicted octanol–water partition coefficient (Wildman–Crippen LogP) is 6.07. The average Bonchev–Trinajstić information content (AvgIpc) is 2.61. The number of nitrogens with one attached hydrogen (secondary N) is 1. The molecular formula is C21H15F4NO. The smallest absolute Gasteiger partial charge is 0.322 e. The van der Waals surface area contributed by atoms with E-state index in [-0.39, 0.29) is 11.5 Å². The number of hydrogen-bond acceptors (Lipinski definition) is 1. The lowest BCUT2D eigenvalue weighted by Crippen LogP contribution is -2.15. The highest BCUT2D eigenvalue weighted by atomic mass is 19.4. The number of alkyl halides is 3. The largest absolute Gasteiger partial charge is 0.416 e. The molecule has 3 aromatic rings. The van der Waals surface area contributed by atoms with E-state index in [1.165, 1.54) is 24.3 Å². The van der Waals surface area contributed by atoms with E-state index in [0.29, 0.717) is 22.3 Å².